The van der Waals surface area contributed by atoms with E-state index in [0.717, 1.165) is 27.8 Å². The maximum atomic E-state index is 14.0. The summed E-state index contributed by atoms with van der Waals surface area (Å²) in [5.41, 5.74) is 2.19. The van der Waals surface area contributed by atoms with Crippen LogP contribution in [0, 0.1) is 5.82 Å². The summed E-state index contributed by atoms with van der Waals surface area (Å²) >= 11 is 0. The highest BCUT2D eigenvalue weighted by Gasteiger charge is 2.09. The van der Waals surface area contributed by atoms with E-state index < -0.39 is 0 Å². The van der Waals surface area contributed by atoms with Crippen molar-refractivity contribution in [2.45, 2.75) is 13.5 Å². The fourth-order valence-electron chi connectivity index (χ4n) is 3.24. The molecule has 0 N–H and O–H groups in total. The number of ether oxygens (including phenoxy) is 2. The first kappa shape index (κ1) is 19.6. The minimum absolute atomic E-state index is 0.148. The zero-order valence-electron chi connectivity index (χ0n) is 16.7. The van der Waals surface area contributed by atoms with Crippen molar-refractivity contribution >= 4 is 22.7 Å². The summed E-state index contributed by atoms with van der Waals surface area (Å²) in [4.78, 5) is 4.63. The Kier molecular flexibility index (Phi) is 6.04. The highest BCUT2D eigenvalue weighted by Crippen LogP contribution is 2.28. The largest absolute Gasteiger partial charge is 0.494 e. The van der Waals surface area contributed by atoms with Crippen LogP contribution in [0.4, 0.5) is 10.1 Å². The van der Waals surface area contributed by atoms with Gasteiger partial charge in [-0.3, -0.25) is 4.99 Å². The van der Waals surface area contributed by atoms with Gasteiger partial charge in [0, 0.05) is 17.3 Å². The van der Waals surface area contributed by atoms with Crippen LogP contribution < -0.4 is 9.47 Å². The highest BCUT2D eigenvalue weighted by molar-refractivity contribution is 6.03. The van der Waals surface area contributed by atoms with E-state index >= 15 is 0 Å². The lowest BCUT2D eigenvalue weighted by atomic mass is 10.0. The molecule has 0 radical (unpaired) electrons. The summed E-state index contributed by atoms with van der Waals surface area (Å²) in [6.07, 6.45) is 1.80. The van der Waals surface area contributed by atoms with Crippen LogP contribution in [0.3, 0.4) is 0 Å². The number of hydrogen-bond acceptors (Lipinski definition) is 3. The van der Waals surface area contributed by atoms with Gasteiger partial charge in [0.1, 0.15) is 23.9 Å². The molecule has 0 aliphatic carbocycles. The van der Waals surface area contributed by atoms with Crippen LogP contribution in [-0.4, -0.2) is 12.8 Å². The van der Waals surface area contributed by atoms with Crippen LogP contribution >= 0.6 is 0 Å². The molecule has 30 heavy (non-hydrogen) atoms. The zero-order chi connectivity index (χ0) is 20.8. The number of hydrogen-bond donors (Lipinski definition) is 0. The maximum Gasteiger partial charge on any atom is 0.129 e. The van der Waals surface area contributed by atoms with Gasteiger partial charge in [-0.05, 0) is 54.1 Å². The quantitative estimate of drug-likeness (QED) is 0.324. The molecule has 4 heteroatoms. The molecular weight excluding hydrogens is 377 g/mol. The van der Waals surface area contributed by atoms with Gasteiger partial charge in [0.2, 0.25) is 0 Å². The Balaban J connectivity index is 1.65. The molecule has 4 aromatic rings. The van der Waals surface area contributed by atoms with Gasteiger partial charge in [0.05, 0.1) is 12.3 Å². The minimum atomic E-state index is -0.275. The standard InChI is InChI=1S/C26H22FNO2/c1-2-29-22-14-12-21(13-15-22)28-17-24-23-9-5-3-7-19(23)11-16-26(24)30-18-20-8-4-6-10-25(20)27/h3-17H,2,18H2,1H3. The van der Waals surface area contributed by atoms with Crippen molar-refractivity contribution in [3.05, 3.63) is 102 Å². The van der Waals surface area contributed by atoms with E-state index in [2.05, 4.69) is 4.99 Å². The summed E-state index contributed by atoms with van der Waals surface area (Å²) in [5.74, 6) is 1.20. The van der Waals surface area contributed by atoms with E-state index in [4.69, 9.17) is 9.47 Å². The van der Waals surface area contributed by atoms with Crippen LogP contribution in [0.1, 0.15) is 18.1 Å². The van der Waals surface area contributed by atoms with Gasteiger partial charge in [-0.15, -0.1) is 0 Å². The van der Waals surface area contributed by atoms with Gasteiger partial charge in [-0.2, -0.15) is 0 Å². The predicted octanol–water partition coefficient (Wildman–Crippen LogP) is 6.71. The second kappa shape index (κ2) is 9.23. The number of halogens is 1. The van der Waals surface area contributed by atoms with Crippen molar-refractivity contribution in [2.75, 3.05) is 6.61 Å². The molecule has 4 rings (SSSR count). The van der Waals surface area contributed by atoms with E-state index in [1.165, 1.54) is 6.07 Å². The van der Waals surface area contributed by atoms with Crippen LogP contribution in [0.15, 0.2) is 89.9 Å². The molecule has 0 heterocycles. The molecule has 4 aromatic carbocycles. The summed E-state index contributed by atoms with van der Waals surface area (Å²) in [6, 6.07) is 26.2. The Morgan fingerprint density at radius 3 is 2.40 bits per heavy atom. The molecular formula is C26H22FNO2. The lowest BCUT2D eigenvalue weighted by molar-refractivity contribution is 0.300. The van der Waals surface area contributed by atoms with Crippen LogP contribution in [-0.2, 0) is 6.61 Å². The Labute approximate surface area is 175 Å². The molecule has 0 atom stereocenters. The van der Waals surface area contributed by atoms with Crippen molar-refractivity contribution in [1.29, 1.82) is 0 Å². The van der Waals surface area contributed by atoms with Gasteiger partial charge in [-0.1, -0.05) is 48.5 Å². The summed E-state index contributed by atoms with van der Waals surface area (Å²) < 4.78 is 25.5. The van der Waals surface area contributed by atoms with Gasteiger partial charge in [0.15, 0.2) is 0 Å². The molecule has 0 spiro atoms. The van der Waals surface area contributed by atoms with Gasteiger partial charge >= 0.3 is 0 Å². The molecule has 0 aromatic heterocycles. The Morgan fingerprint density at radius 1 is 0.833 bits per heavy atom. The van der Waals surface area contributed by atoms with Crippen molar-refractivity contribution in [3.8, 4) is 11.5 Å². The summed E-state index contributed by atoms with van der Waals surface area (Å²) in [5, 5.41) is 2.11. The van der Waals surface area contributed by atoms with Crippen molar-refractivity contribution in [1.82, 2.24) is 0 Å². The number of nitrogens with zero attached hydrogens (tertiary/aromatic N) is 1. The Hall–Kier alpha value is -3.66. The van der Waals surface area contributed by atoms with Gasteiger partial charge < -0.3 is 9.47 Å². The molecule has 0 bridgehead atoms. The maximum absolute atomic E-state index is 14.0. The number of benzene rings is 4. The third kappa shape index (κ3) is 4.49. The topological polar surface area (TPSA) is 30.8 Å². The first-order valence-corrected chi connectivity index (χ1v) is 9.89. The second-order valence-corrected chi connectivity index (χ2v) is 6.76. The average Bonchev–Trinajstić information content (AvgIpc) is 2.78. The van der Waals surface area contributed by atoms with Crippen LogP contribution in [0.25, 0.3) is 10.8 Å². The SMILES string of the molecule is CCOc1ccc(N=Cc2c(OCc3ccccc3F)ccc3ccccc23)cc1. The molecule has 0 aliphatic heterocycles. The third-order valence-corrected chi connectivity index (χ3v) is 4.76. The Morgan fingerprint density at radius 2 is 1.60 bits per heavy atom. The predicted molar refractivity (Wildman–Crippen MR) is 120 cm³/mol. The van der Waals surface area contributed by atoms with Crippen molar-refractivity contribution in [3.63, 3.8) is 0 Å². The number of aliphatic imine (C=N–C) groups is 1. The Bertz CT molecular complexity index is 1170. The summed E-state index contributed by atoms with van der Waals surface area (Å²) in [6.45, 7) is 2.73. The van der Waals surface area contributed by atoms with Crippen molar-refractivity contribution in [2.24, 2.45) is 4.99 Å². The second-order valence-electron chi connectivity index (χ2n) is 6.76. The molecule has 150 valence electrons. The van der Waals surface area contributed by atoms with Crippen molar-refractivity contribution < 1.29 is 13.9 Å². The lowest BCUT2D eigenvalue weighted by Gasteiger charge is -2.12. The number of rotatable bonds is 7. The fourth-order valence-corrected chi connectivity index (χ4v) is 3.24. The van der Waals surface area contributed by atoms with E-state index in [1.807, 2.05) is 67.6 Å². The normalized spacial score (nSPS) is 11.1. The molecule has 0 fully saturated rings. The minimum Gasteiger partial charge on any atom is -0.494 e. The third-order valence-electron chi connectivity index (χ3n) is 4.76. The van der Waals surface area contributed by atoms with E-state index in [-0.39, 0.29) is 12.4 Å². The molecule has 0 aliphatic rings. The fraction of sp³-hybridized carbons (Fsp3) is 0.115. The number of fused-ring (bicyclic) bond motifs is 1. The summed E-state index contributed by atoms with van der Waals surface area (Å²) in [7, 11) is 0. The average molecular weight is 399 g/mol. The van der Waals surface area contributed by atoms with E-state index in [1.54, 1.807) is 24.4 Å². The molecule has 0 amide bonds. The monoisotopic (exact) mass is 399 g/mol. The molecule has 0 saturated heterocycles. The molecule has 3 nitrogen and oxygen atoms in total. The molecule has 0 saturated carbocycles. The molecule has 0 unspecified atom stereocenters. The van der Waals surface area contributed by atoms with Gasteiger partial charge in [0.25, 0.3) is 0 Å². The first-order valence-electron chi connectivity index (χ1n) is 9.89. The zero-order valence-corrected chi connectivity index (χ0v) is 16.7. The van der Waals surface area contributed by atoms with Gasteiger partial charge in [-0.25, -0.2) is 4.39 Å². The first-order chi connectivity index (χ1) is 14.7. The van der Waals surface area contributed by atoms with E-state index in [0.29, 0.717) is 17.9 Å². The van der Waals surface area contributed by atoms with Crippen LogP contribution in [0.5, 0.6) is 11.5 Å². The van der Waals surface area contributed by atoms with Crippen LogP contribution in [0.2, 0.25) is 0 Å². The lowest BCUT2D eigenvalue weighted by Crippen LogP contribution is -2.01. The smallest absolute Gasteiger partial charge is 0.129 e. The highest BCUT2D eigenvalue weighted by atomic mass is 19.1. The van der Waals surface area contributed by atoms with E-state index in [9.17, 15) is 4.39 Å².